The Bertz CT molecular complexity index is 956. The molecular formula is C20H19ClFN5OS. The van der Waals surface area contributed by atoms with E-state index < -0.39 is 6.17 Å². The van der Waals surface area contributed by atoms with E-state index in [9.17, 15) is 4.39 Å². The van der Waals surface area contributed by atoms with Crippen LogP contribution in [0.4, 0.5) is 4.39 Å². The molecule has 3 rings (SSSR count). The van der Waals surface area contributed by atoms with E-state index in [1.807, 2.05) is 19.1 Å². The maximum absolute atomic E-state index is 13.4. The molecule has 0 amide bonds. The first-order valence-corrected chi connectivity index (χ1v) is 10.2. The van der Waals surface area contributed by atoms with Gasteiger partial charge >= 0.3 is 0 Å². The number of allylic oxidation sites excluding steroid dienone is 1. The number of halogens is 2. The van der Waals surface area contributed by atoms with Gasteiger partial charge in [0.15, 0.2) is 5.09 Å². The van der Waals surface area contributed by atoms with Gasteiger partial charge in [-0.2, -0.15) is 5.26 Å². The summed E-state index contributed by atoms with van der Waals surface area (Å²) in [5.41, 5.74) is 8.22. The van der Waals surface area contributed by atoms with Crippen molar-refractivity contribution in [3.8, 4) is 6.07 Å². The molecule has 2 atom stereocenters. The third kappa shape index (κ3) is 5.68. The zero-order valence-electron chi connectivity index (χ0n) is 15.7. The molecule has 150 valence electrons. The predicted molar refractivity (Wildman–Crippen MR) is 110 cm³/mol. The number of pyridine rings is 1. The van der Waals surface area contributed by atoms with Gasteiger partial charge in [-0.3, -0.25) is 0 Å². The Hall–Kier alpha value is -2.63. The maximum Gasteiger partial charge on any atom is 0.232 e. The van der Waals surface area contributed by atoms with Gasteiger partial charge in [0, 0.05) is 24.2 Å². The SMILES string of the molecule is CC(O/C(Sc1ccc(Cl)cn1)=C(\N)c1cnc(C#N)nc1)C1=CCC(F)CC1. The monoisotopic (exact) mass is 431 g/mol. The first-order chi connectivity index (χ1) is 14.0. The minimum absolute atomic E-state index is 0.0533. The summed E-state index contributed by atoms with van der Waals surface area (Å²) >= 11 is 7.16. The van der Waals surface area contributed by atoms with Crippen molar-refractivity contribution in [1.29, 1.82) is 5.26 Å². The lowest BCUT2D eigenvalue weighted by molar-refractivity contribution is 0.174. The number of nitriles is 1. The van der Waals surface area contributed by atoms with Crippen molar-refractivity contribution in [3.05, 3.63) is 63.9 Å². The molecule has 0 aromatic carbocycles. The highest BCUT2D eigenvalue weighted by Crippen LogP contribution is 2.34. The summed E-state index contributed by atoms with van der Waals surface area (Å²) in [6.45, 7) is 1.91. The van der Waals surface area contributed by atoms with E-state index in [1.54, 1.807) is 12.1 Å². The number of rotatable bonds is 6. The van der Waals surface area contributed by atoms with Crippen molar-refractivity contribution in [2.24, 2.45) is 5.73 Å². The van der Waals surface area contributed by atoms with Gasteiger partial charge in [-0.1, -0.05) is 17.7 Å². The number of hydrogen-bond donors (Lipinski definition) is 1. The number of nitrogens with zero attached hydrogens (tertiary/aromatic N) is 4. The van der Waals surface area contributed by atoms with Gasteiger partial charge in [0.2, 0.25) is 5.82 Å². The lowest BCUT2D eigenvalue weighted by Gasteiger charge is -2.24. The molecular weight excluding hydrogens is 413 g/mol. The second kappa shape index (κ2) is 9.72. The zero-order chi connectivity index (χ0) is 20.8. The van der Waals surface area contributed by atoms with Gasteiger partial charge in [0.25, 0.3) is 0 Å². The summed E-state index contributed by atoms with van der Waals surface area (Å²) in [7, 11) is 0. The van der Waals surface area contributed by atoms with Crippen LogP contribution < -0.4 is 5.73 Å². The van der Waals surface area contributed by atoms with Crippen LogP contribution in [0.3, 0.4) is 0 Å². The van der Waals surface area contributed by atoms with Crippen molar-refractivity contribution in [2.75, 3.05) is 0 Å². The fourth-order valence-corrected chi connectivity index (χ4v) is 3.69. The Labute approximate surface area is 177 Å². The summed E-state index contributed by atoms with van der Waals surface area (Å²) in [4.78, 5) is 12.2. The van der Waals surface area contributed by atoms with E-state index in [0.717, 1.165) is 5.57 Å². The average Bonchev–Trinajstić information content (AvgIpc) is 2.74. The first kappa shape index (κ1) is 21.1. The molecule has 1 aliphatic carbocycles. The van der Waals surface area contributed by atoms with Crippen LogP contribution in [0, 0.1) is 11.3 Å². The van der Waals surface area contributed by atoms with E-state index in [4.69, 9.17) is 27.3 Å². The van der Waals surface area contributed by atoms with Gasteiger partial charge in [-0.15, -0.1) is 0 Å². The molecule has 29 heavy (non-hydrogen) atoms. The summed E-state index contributed by atoms with van der Waals surface area (Å²) < 4.78 is 19.6. The topological polar surface area (TPSA) is 97.7 Å². The van der Waals surface area contributed by atoms with Crippen LogP contribution in [0.25, 0.3) is 5.70 Å². The van der Waals surface area contributed by atoms with Gasteiger partial charge in [-0.25, -0.2) is 19.3 Å². The van der Waals surface area contributed by atoms with E-state index in [2.05, 4.69) is 15.0 Å². The molecule has 6 nitrogen and oxygen atoms in total. The Kier molecular flexibility index (Phi) is 7.07. The molecule has 1 aliphatic rings. The molecule has 2 aromatic rings. The molecule has 0 fully saturated rings. The Morgan fingerprint density at radius 3 is 2.69 bits per heavy atom. The molecule has 0 bridgehead atoms. The fraction of sp³-hybridized carbons (Fsp3) is 0.300. The molecule has 9 heteroatoms. The summed E-state index contributed by atoms with van der Waals surface area (Å²) in [5, 5.41) is 10.5. The van der Waals surface area contributed by atoms with Crippen molar-refractivity contribution >= 4 is 29.1 Å². The van der Waals surface area contributed by atoms with E-state index in [1.165, 1.54) is 30.4 Å². The van der Waals surface area contributed by atoms with Crippen LogP contribution in [0.1, 0.15) is 37.6 Å². The van der Waals surface area contributed by atoms with Crippen LogP contribution in [-0.4, -0.2) is 27.2 Å². The van der Waals surface area contributed by atoms with Gasteiger partial charge in [0.1, 0.15) is 23.4 Å². The van der Waals surface area contributed by atoms with Crippen molar-refractivity contribution < 1.29 is 9.13 Å². The number of nitrogens with two attached hydrogens (primary N) is 1. The average molecular weight is 432 g/mol. The van der Waals surface area contributed by atoms with Crippen LogP contribution in [0.5, 0.6) is 0 Å². The minimum atomic E-state index is -0.797. The van der Waals surface area contributed by atoms with Crippen molar-refractivity contribution in [1.82, 2.24) is 15.0 Å². The second-order valence-corrected chi connectivity index (χ2v) is 7.87. The fourth-order valence-electron chi connectivity index (χ4n) is 2.73. The summed E-state index contributed by atoms with van der Waals surface area (Å²) in [5.74, 6) is 0.0533. The third-order valence-electron chi connectivity index (χ3n) is 4.37. The lowest BCUT2D eigenvalue weighted by atomic mass is 9.95. The second-order valence-electron chi connectivity index (χ2n) is 6.44. The quantitative estimate of drug-likeness (QED) is 0.404. The molecule has 0 radical (unpaired) electrons. The van der Waals surface area contributed by atoms with Crippen LogP contribution in [0.15, 0.2) is 52.5 Å². The predicted octanol–water partition coefficient (Wildman–Crippen LogP) is 4.63. The Morgan fingerprint density at radius 1 is 1.34 bits per heavy atom. The Balaban J connectivity index is 1.89. The van der Waals surface area contributed by atoms with E-state index >= 15 is 0 Å². The molecule has 2 unspecified atom stereocenters. The van der Waals surface area contributed by atoms with Crippen LogP contribution in [0.2, 0.25) is 5.02 Å². The third-order valence-corrected chi connectivity index (χ3v) is 5.54. The van der Waals surface area contributed by atoms with Gasteiger partial charge in [0.05, 0.1) is 10.7 Å². The highest BCUT2D eigenvalue weighted by atomic mass is 35.5. The largest absolute Gasteiger partial charge is 0.478 e. The zero-order valence-corrected chi connectivity index (χ0v) is 17.3. The van der Waals surface area contributed by atoms with Crippen LogP contribution >= 0.6 is 23.4 Å². The van der Waals surface area contributed by atoms with Crippen molar-refractivity contribution in [3.63, 3.8) is 0 Å². The van der Waals surface area contributed by atoms with Crippen LogP contribution in [-0.2, 0) is 4.74 Å². The molecule has 2 N–H and O–H groups in total. The molecule has 0 aliphatic heterocycles. The summed E-state index contributed by atoms with van der Waals surface area (Å²) in [6, 6.07) is 5.36. The molecule has 0 saturated heterocycles. The van der Waals surface area contributed by atoms with Crippen molar-refractivity contribution in [2.45, 2.75) is 43.5 Å². The normalized spacial score (nSPS) is 18.3. The van der Waals surface area contributed by atoms with E-state index in [0.29, 0.717) is 45.7 Å². The molecule has 0 spiro atoms. The van der Waals surface area contributed by atoms with E-state index in [-0.39, 0.29) is 11.9 Å². The summed E-state index contributed by atoms with van der Waals surface area (Å²) in [6.07, 6.45) is 6.82. The maximum atomic E-state index is 13.4. The molecule has 2 aromatic heterocycles. The number of thioether (sulfide) groups is 1. The standard InChI is InChI=1S/C20H19ClFN5OS/c1-12(13-2-5-16(22)6-3-13)28-20(29-18-7-4-15(21)11-27-18)19(24)14-9-25-17(8-23)26-10-14/h2,4,7,9-12,16H,3,5-6,24H2,1H3/b20-19+. The Morgan fingerprint density at radius 2 is 2.10 bits per heavy atom. The highest BCUT2D eigenvalue weighted by Gasteiger charge is 2.21. The minimum Gasteiger partial charge on any atom is -0.478 e. The number of hydrogen-bond acceptors (Lipinski definition) is 7. The first-order valence-electron chi connectivity index (χ1n) is 8.97. The number of alkyl halides is 1. The molecule has 0 saturated carbocycles. The highest BCUT2D eigenvalue weighted by molar-refractivity contribution is 8.03. The van der Waals surface area contributed by atoms with Gasteiger partial charge < -0.3 is 10.5 Å². The lowest BCUT2D eigenvalue weighted by Crippen LogP contribution is -2.17. The molecule has 2 heterocycles. The number of ether oxygens (including phenoxy) is 1. The van der Waals surface area contributed by atoms with Gasteiger partial charge in [-0.05, 0) is 55.7 Å². The smallest absolute Gasteiger partial charge is 0.232 e. The number of aromatic nitrogens is 3.